The van der Waals surface area contributed by atoms with E-state index in [0.717, 1.165) is 83.5 Å². The lowest BCUT2D eigenvalue weighted by Crippen LogP contribution is -2.61. The van der Waals surface area contributed by atoms with E-state index in [-0.39, 0.29) is 19.4 Å². The molecule has 0 aliphatic carbocycles. The van der Waals surface area contributed by atoms with E-state index in [0.29, 0.717) is 12.8 Å². The first kappa shape index (κ1) is 70.9. The summed E-state index contributed by atoms with van der Waals surface area (Å²) in [7, 11) is 0. The number of esters is 1. The van der Waals surface area contributed by atoms with E-state index in [1.807, 2.05) is 6.08 Å². The average molecular weight is 1060 g/mol. The number of hydrogen-bond acceptors (Lipinski definition) is 10. The maximum absolute atomic E-state index is 13.4. The summed E-state index contributed by atoms with van der Waals surface area (Å²) >= 11 is 0. The van der Waals surface area contributed by atoms with Gasteiger partial charge in [-0.2, -0.15) is 0 Å². The van der Waals surface area contributed by atoms with Crippen molar-refractivity contribution in [2.45, 2.75) is 346 Å². The van der Waals surface area contributed by atoms with Gasteiger partial charge in [0.05, 0.1) is 25.4 Å². The number of nitrogens with one attached hydrogen (secondary N) is 1. The molecule has 0 bridgehead atoms. The number of rotatable bonds is 54. The standard InChI is InChI=1S/C64H119NO10/c1-4-7-10-13-16-19-22-24-26-28-29-30-32-34-37-40-43-46-49-52-59(69)75-62-61(71)60(70)58(53-66)74-64(62)73-54-55(56(67)50-47-44-41-38-35-21-18-15-12-9-6-3)65-63(72)57(68)51-48-45-42-39-36-33-31-27-25-23-20-17-14-11-8-5-2/h17,20,25,27,47,50,55-58,60-62,64,66-68,70-71H,4-16,18-19,21-24,26,28-46,48-49,51-54H2,1-3H3,(H,65,72)/b20-17-,27-25-,50-47+. The third-order valence-electron chi connectivity index (χ3n) is 15.0. The van der Waals surface area contributed by atoms with Gasteiger partial charge < -0.3 is 45.1 Å². The molecule has 1 aliphatic heterocycles. The van der Waals surface area contributed by atoms with Gasteiger partial charge in [0.1, 0.15) is 24.4 Å². The van der Waals surface area contributed by atoms with Gasteiger partial charge in [0.25, 0.3) is 0 Å². The van der Waals surface area contributed by atoms with E-state index >= 15 is 0 Å². The van der Waals surface area contributed by atoms with Crippen molar-refractivity contribution in [2.75, 3.05) is 13.2 Å². The largest absolute Gasteiger partial charge is 0.454 e. The highest BCUT2D eigenvalue weighted by Gasteiger charge is 2.47. The second-order valence-corrected chi connectivity index (χ2v) is 22.1. The van der Waals surface area contributed by atoms with Crippen molar-refractivity contribution in [1.29, 1.82) is 0 Å². The number of carbonyl (C=O) groups is 2. The monoisotopic (exact) mass is 1060 g/mol. The lowest BCUT2D eigenvalue weighted by atomic mass is 9.99. The molecule has 1 saturated heterocycles. The summed E-state index contributed by atoms with van der Waals surface area (Å²) in [5.41, 5.74) is 0. The van der Waals surface area contributed by atoms with Crippen LogP contribution in [-0.2, 0) is 23.8 Å². The number of aliphatic hydroxyl groups excluding tert-OH is 5. The number of amides is 1. The minimum atomic E-state index is -1.61. The maximum Gasteiger partial charge on any atom is 0.306 e. The zero-order valence-electron chi connectivity index (χ0n) is 48.7. The van der Waals surface area contributed by atoms with E-state index in [9.17, 15) is 35.1 Å². The summed E-state index contributed by atoms with van der Waals surface area (Å²) in [6.45, 7) is 5.78. The Morgan fingerprint density at radius 1 is 0.520 bits per heavy atom. The molecule has 440 valence electrons. The first-order valence-electron chi connectivity index (χ1n) is 31.8. The lowest BCUT2D eigenvalue weighted by Gasteiger charge is -2.41. The predicted molar refractivity (Wildman–Crippen MR) is 311 cm³/mol. The van der Waals surface area contributed by atoms with Gasteiger partial charge in [-0.15, -0.1) is 0 Å². The Bertz CT molecular complexity index is 1360. The quantitative estimate of drug-likeness (QED) is 0.0195. The van der Waals surface area contributed by atoms with Crippen LogP contribution in [0.3, 0.4) is 0 Å². The molecule has 75 heavy (non-hydrogen) atoms. The zero-order valence-corrected chi connectivity index (χ0v) is 48.7. The molecule has 0 radical (unpaired) electrons. The smallest absolute Gasteiger partial charge is 0.306 e. The average Bonchev–Trinajstić information content (AvgIpc) is 3.41. The number of unbranched alkanes of at least 4 members (excludes halogenated alkanes) is 36. The molecule has 1 fully saturated rings. The maximum atomic E-state index is 13.4. The summed E-state index contributed by atoms with van der Waals surface area (Å²) < 4.78 is 17.6. The van der Waals surface area contributed by atoms with Gasteiger partial charge in [-0.05, 0) is 57.8 Å². The first-order valence-corrected chi connectivity index (χ1v) is 31.8. The van der Waals surface area contributed by atoms with Crippen molar-refractivity contribution < 1.29 is 49.3 Å². The van der Waals surface area contributed by atoms with E-state index in [2.05, 4.69) is 50.4 Å². The van der Waals surface area contributed by atoms with Crippen LogP contribution >= 0.6 is 0 Å². The molecule has 0 saturated carbocycles. The molecule has 8 unspecified atom stereocenters. The third-order valence-corrected chi connectivity index (χ3v) is 15.0. The minimum Gasteiger partial charge on any atom is -0.454 e. The molecule has 6 N–H and O–H groups in total. The second-order valence-electron chi connectivity index (χ2n) is 22.1. The van der Waals surface area contributed by atoms with Gasteiger partial charge in [-0.25, -0.2) is 0 Å². The van der Waals surface area contributed by atoms with Crippen LogP contribution in [0.1, 0.15) is 297 Å². The van der Waals surface area contributed by atoms with Crippen LogP contribution in [0, 0.1) is 0 Å². The van der Waals surface area contributed by atoms with Crippen molar-refractivity contribution in [1.82, 2.24) is 5.32 Å². The van der Waals surface area contributed by atoms with Crippen LogP contribution in [0.2, 0.25) is 0 Å². The molecule has 1 amide bonds. The molecule has 1 heterocycles. The molecule has 0 aromatic rings. The van der Waals surface area contributed by atoms with Crippen LogP contribution in [-0.4, -0.2) is 99.6 Å². The Morgan fingerprint density at radius 3 is 1.39 bits per heavy atom. The normalized spacial score (nSPS) is 19.4. The fraction of sp³-hybridized carbons (Fsp3) is 0.875. The van der Waals surface area contributed by atoms with Crippen LogP contribution in [0.25, 0.3) is 0 Å². The van der Waals surface area contributed by atoms with E-state index in [1.54, 1.807) is 6.08 Å². The van der Waals surface area contributed by atoms with Crippen molar-refractivity contribution in [3.8, 4) is 0 Å². The summed E-state index contributed by atoms with van der Waals surface area (Å²) in [5, 5.41) is 57.0. The van der Waals surface area contributed by atoms with Crippen molar-refractivity contribution >= 4 is 11.9 Å². The van der Waals surface area contributed by atoms with Crippen LogP contribution in [0.4, 0.5) is 0 Å². The van der Waals surface area contributed by atoms with E-state index < -0.39 is 67.4 Å². The summed E-state index contributed by atoms with van der Waals surface area (Å²) in [4.78, 5) is 26.5. The van der Waals surface area contributed by atoms with Gasteiger partial charge in [0.15, 0.2) is 12.4 Å². The van der Waals surface area contributed by atoms with Gasteiger partial charge >= 0.3 is 5.97 Å². The zero-order chi connectivity index (χ0) is 54.7. The van der Waals surface area contributed by atoms with Crippen molar-refractivity contribution in [2.24, 2.45) is 0 Å². The molecule has 0 spiro atoms. The van der Waals surface area contributed by atoms with Gasteiger partial charge in [0.2, 0.25) is 5.91 Å². The predicted octanol–water partition coefficient (Wildman–Crippen LogP) is 15.1. The first-order chi connectivity index (χ1) is 36.7. The molecule has 1 aliphatic rings. The third kappa shape index (κ3) is 40.7. The van der Waals surface area contributed by atoms with E-state index in [1.165, 1.54) is 167 Å². The van der Waals surface area contributed by atoms with Gasteiger partial charge in [-0.3, -0.25) is 9.59 Å². The van der Waals surface area contributed by atoms with Gasteiger partial charge in [-0.1, -0.05) is 269 Å². The Kier molecular flexibility index (Phi) is 49.7. The molecule has 0 aromatic heterocycles. The molecular formula is C64H119NO10. The molecular weight excluding hydrogens is 943 g/mol. The van der Waals surface area contributed by atoms with Crippen molar-refractivity contribution in [3.05, 3.63) is 36.5 Å². The second kappa shape index (κ2) is 52.6. The van der Waals surface area contributed by atoms with Crippen LogP contribution < -0.4 is 5.32 Å². The van der Waals surface area contributed by atoms with Crippen LogP contribution in [0.15, 0.2) is 36.5 Å². The fourth-order valence-corrected chi connectivity index (χ4v) is 9.98. The van der Waals surface area contributed by atoms with E-state index in [4.69, 9.17) is 14.2 Å². The van der Waals surface area contributed by atoms with Crippen LogP contribution in [0.5, 0.6) is 0 Å². The number of hydrogen-bond donors (Lipinski definition) is 6. The molecule has 11 heteroatoms. The van der Waals surface area contributed by atoms with Crippen molar-refractivity contribution in [3.63, 3.8) is 0 Å². The highest BCUT2D eigenvalue weighted by molar-refractivity contribution is 5.80. The minimum absolute atomic E-state index is 0.128. The highest BCUT2D eigenvalue weighted by atomic mass is 16.7. The Morgan fingerprint density at radius 2 is 0.920 bits per heavy atom. The summed E-state index contributed by atoms with van der Waals surface area (Å²) in [6, 6.07) is -1.02. The Labute approximate surface area is 460 Å². The molecule has 0 aromatic carbocycles. The number of aliphatic hydroxyl groups is 5. The number of carbonyl (C=O) groups excluding carboxylic acids is 2. The SMILES string of the molecule is CCCCC/C=C\C/C=C\CCCCCCCCC(O)C(=O)NC(COC1OC(CO)C(O)C(O)C1OC(=O)CCCCCCCCCCCCCCCCCCCCC)C(O)/C=C/CCCCCCCCCCC. The highest BCUT2D eigenvalue weighted by Crippen LogP contribution is 2.26. The fourth-order valence-electron chi connectivity index (χ4n) is 9.98. The molecule has 8 atom stereocenters. The van der Waals surface area contributed by atoms with Gasteiger partial charge in [0, 0.05) is 6.42 Å². The number of allylic oxidation sites excluding steroid dienone is 5. The summed E-state index contributed by atoms with van der Waals surface area (Å²) in [5.74, 6) is -1.19. The molecule has 1 rings (SSSR count). The Hall–Kier alpha value is -2.12. The Balaban J connectivity index is 2.64. The summed E-state index contributed by atoms with van der Waals surface area (Å²) in [6.07, 6.45) is 51.8. The topological polar surface area (TPSA) is 175 Å². The molecule has 11 nitrogen and oxygen atoms in total. The lowest BCUT2D eigenvalue weighted by molar-refractivity contribution is -0.305. The number of ether oxygens (including phenoxy) is 3.